The van der Waals surface area contributed by atoms with Gasteiger partial charge in [0.15, 0.2) is 28.3 Å². The first-order chi connectivity index (χ1) is 47.1. The van der Waals surface area contributed by atoms with E-state index in [1.54, 1.807) is 141 Å². The van der Waals surface area contributed by atoms with Crippen LogP contribution in [0.25, 0.3) is 0 Å². The quantitative estimate of drug-likeness (QED) is 0.0645. The standard InChI is InChI=1S/C19H17ClN4O.C19H17FN4O.C17H14F2N4OS.C16H13ClN4OS/c1-13-3-14(9-21-8-13)4-19(25)15-5-16(20)7-17(6-15)24(2)18-10-22-12-23-11-18;1-13-3-4-16(23-9-13)8-19(25)14-5-15(20)7-17(6-14)24(2)18-10-21-12-22-11-18;1-10-17(19)25-16(22-10)6-15(24)11-3-12(18)5-13(4-11)23(2)14-7-20-9-21-8-14;1-21(14-8-18-10-19-9-14)13-5-11(4-12(17)6-13)15(22)7-16-20-2-3-23-16/h3,5-12H,4H2,1-2H3;3-7,9-12H,8H2,1-2H3;3-5,7-9H,6H2,1-2H3;2-6,8-10H,7H2,1H3. The summed E-state index contributed by atoms with van der Waals surface area (Å²) in [5.74, 6) is -1.54. The smallest absolute Gasteiger partial charge is 0.199 e. The number of carbonyl (C=O) groups is 4. The number of benzene rings is 4. The van der Waals surface area contributed by atoms with Crippen molar-refractivity contribution in [3.05, 3.63) is 283 Å². The van der Waals surface area contributed by atoms with Gasteiger partial charge in [-0.1, -0.05) is 46.7 Å². The molecule has 98 heavy (non-hydrogen) atoms. The zero-order valence-corrected chi connectivity index (χ0v) is 56.9. The summed E-state index contributed by atoms with van der Waals surface area (Å²) in [6.45, 7) is 5.42. The van der Waals surface area contributed by atoms with Gasteiger partial charge in [-0.2, -0.15) is 4.39 Å². The summed E-state index contributed by atoms with van der Waals surface area (Å²) in [5.41, 5.74) is 11.1. The molecule has 0 aliphatic carbocycles. The molecule has 27 heteroatoms. The Morgan fingerprint density at radius 2 is 0.816 bits per heavy atom. The van der Waals surface area contributed by atoms with E-state index in [9.17, 15) is 32.3 Å². The van der Waals surface area contributed by atoms with Crippen LogP contribution in [0.2, 0.25) is 10.0 Å². The maximum Gasteiger partial charge on any atom is 0.199 e. The molecule has 0 aliphatic rings. The lowest BCUT2D eigenvalue weighted by Gasteiger charge is -2.19. The maximum absolute atomic E-state index is 14.0. The minimum Gasteiger partial charge on any atom is -0.342 e. The van der Waals surface area contributed by atoms with Gasteiger partial charge in [-0.25, -0.2) is 58.6 Å². The third kappa shape index (κ3) is 20.3. The van der Waals surface area contributed by atoms with Crippen LogP contribution >= 0.6 is 45.9 Å². The Labute approximate surface area is 580 Å². The zero-order chi connectivity index (χ0) is 69.8. The molecule has 0 atom stereocenters. The Kier molecular flexibility index (Phi) is 24.8. The molecule has 0 radical (unpaired) electrons. The summed E-state index contributed by atoms with van der Waals surface area (Å²) < 4.78 is 41.4. The lowest BCUT2D eigenvalue weighted by Crippen LogP contribution is -2.12. The molecule has 8 heterocycles. The van der Waals surface area contributed by atoms with Crippen molar-refractivity contribution in [3.8, 4) is 0 Å². The Morgan fingerprint density at radius 3 is 1.20 bits per heavy atom. The van der Waals surface area contributed by atoms with Crippen molar-refractivity contribution < 1.29 is 32.3 Å². The van der Waals surface area contributed by atoms with E-state index < -0.39 is 16.8 Å². The zero-order valence-electron chi connectivity index (χ0n) is 53.8. The number of aromatic nitrogens is 12. The topological polar surface area (TPSA) is 236 Å². The number of hydrogen-bond acceptors (Lipinski definition) is 22. The SMILES string of the molecule is CN(c1cncnc1)c1cc(Cl)cc(C(=O)Cc2nccs2)c1.Cc1ccc(CC(=O)c2cc(F)cc(N(C)c3cncnc3)c2)nc1.Cc1cncc(CC(=O)c2cc(Cl)cc(N(C)c3cncnc3)c2)c1.Cc1nc(CC(=O)c2cc(F)cc(N(C)c3cncnc3)c2)sc1F. The molecule has 20 nitrogen and oxygen atoms in total. The largest absolute Gasteiger partial charge is 0.342 e. The van der Waals surface area contributed by atoms with Crippen molar-refractivity contribution in [2.24, 2.45) is 0 Å². The van der Waals surface area contributed by atoms with Gasteiger partial charge >= 0.3 is 0 Å². The highest BCUT2D eigenvalue weighted by Gasteiger charge is 2.20. The Bertz CT molecular complexity index is 4670. The molecule has 4 aromatic carbocycles. The van der Waals surface area contributed by atoms with E-state index in [0.717, 1.165) is 61.9 Å². The molecule has 0 saturated carbocycles. The summed E-state index contributed by atoms with van der Waals surface area (Å²) in [4.78, 5) is 106. The lowest BCUT2D eigenvalue weighted by molar-refractivity contribution is 0.0983. The average Bonchev–Trinajstić information content (AvgIpc) is 1.32. The maximum atomic E-state index is 14.0. The summed E-state index contributed by atoms with van der Waals surface area (Å²) in [5, 5.41) is 3.62. The van der Waals surface area contributed by atoms with E-state index in [1.807, 2.05) is 67.4 Å². The molecule has 12 aromatic rings. The fourth-order valence-corrected chi connectivity index (χ4v) is 11.2. The van der Waals surface area contributed by atoms with Crippen LogP contribution in [0.5, 0.6) is 0 Å². The highest BCUT2D eigenvalue weighted by Crippen LogP contribution is 2.31. The first-order valence-electron chi connectivity index (χ1n) is 29.7. The average molecular weight is 1390 g/mol. The molecular formula is C71H61Cl2F3N16O4S2. The first kappa shape index (κ1) is 71.3. The van der Waals surface area contributed by atoms with Gasteiger partial charge in [0.2, 0.25) is 0 Å². The van der Waals surface area contributed by atoms with Crippen LogP contribution in [0.4, 0.5) is 58.7 Å². The Morgan fingerprint density at radius 1 is 0.408 bits per heavy atom. The monoisotopic (exact) mass is 1390 g/mol. The van der Waals surface area contributed by atoms with Crippen molar-refractivity contribution in [2.45, 2.75) is 46.5 Å². The highest BCUT2D eigenvalue weighted by atomic mass is 35.5. The third-order valence-corrected chi connectivity index (χ3v) is 16.8. The number of halogens is 5. The van der Waals surface area contributed by atoms with E-state index in [-0.39, 0.29) is 60.1 Å². The number of Topliss-reactive ketones (excluding diaryl/α,β-unsaturated/α-hetero) is 4. The van der Waals surface area contributed by atoms with Crippen LogP contribution in [0.1, 0.15) is 79.5 Å². The normalized spacial score (nSPS) is 10.6. The fourth-order valence-electron chi connectivity index (χ4n) is 9.37. The van der Waals surface area contributed by atoms with Crippen LogP contribution < -0.4 is 19.6 Å². The van der Waals surface area contributed by atoms with Crippen molar-refractivity contribution in [3.63, 3.8) is 0 Å². The van der Waals surface area contributed by atoms with Crippen molar-refractivity contribution in [1.82, 2.24) is 59.8 Å². The molecule has 0 saturated heterocycles. The van der Waals surface area contributed by atoms with Gasteiger partial charge in [-0.3, -0.25) is 29.1 Å². The van der Waals surface area contributed by atoms with Crippen LogP contribution in [-0.2, 0) is 25.7 Å². The third-order valence-electron chi connectivity index (χ3n) is 14.6. The number of nitrogens with zero attached hydrogens (tertiary/aromatic N) is 16. The number of rotatable bonds is 20. The van der Waals surface area contributed by atoms with Gasteiger partial charge in [0, 0.05) is 126 Å². The Hall–Kier alpha value is -11.0. The number of ketones is 4. The van der Waals surface area contributed by atoms with Crippen molar-refractivity contribution in [2.75, 3.05) is 47.8 Å². The van der Waals surface area contributed by atoms with Gasteiger partial charge in [0.1, 0.15) is 47.0 Å². The van der Waals surface area contributed by atoms with Gasteiger partial charge in [0.05, 0.1) is 97.3 Å². The van der Waals surface area contributed by atoms with Gasteiger partial charge in [-0.15, -0.1) is 11.3 Å². The molecule has 0 fully saturated rings. The van der Waals surface area contributed by atoms with Gasteiger partial charge < -0.3 is 19.6 Å². The second-order valence-electron chi connectivity index (χ2n) is 21.9. The molecular weight excluding hydrogens is 1330 g/mol. The molecule has 0 amide bonds. The second kappa shape index (κ2) is 34.1. The number of anilines is 8. The number of aryl methyl sites for hydroxylation is 3. The van der Waals surface area contributed by atoms with Gasteiger partial charge in [0.25, 0.3) is 0 Å². The predicted molar refractivity (Wildman–Crippen MR) is 375 cm³/mol. The summed E-state index contributed by atoms with van der Waals surface area (Å²) >= 11 is 14.7. The number of carbonyl (C=O) groups excluding carboxylic acids is 4. The highest BCUT2D eigenvalue weighted by molar-refractivity contribution is 7.10. The summed E-state index contributed by atoms with van der Waals surface area (Å²) in [6, 6.07) is 24.6. The molecule has 12 rings (SSSR count). The van der Waals surface area contributed by atoms with Gasteiger partial charge in [-0.05, 0) is 116 Å². The summed E-state index contributed by atoms with van der Waals surface area (Å²) in [6.07, 6.45) is 26.5. The fraction of sp³-hybridized carbons (Fsp3) is 0.155. The van der Waals surface area contributed by atoms with E-state index in [2.05, 4.69) is 59.8 Å². The number of hydrogen-bond donors (Lipinski definition) is 0. The van der Waals surface area contributed by atoms with E-state index >= 15 is 0 Å². The summed E-state index contributed by atoms with van der Waals surface area (Å²) in [7, 11) is 7.24. The molecule has 0 unspecified atom stereocenters. The second-order valence-corrected chi connectivity index (χ2v) is 24.8. The molecule has 496 valence electrons. The van der Waals surface area contributed by atoms with E-state index in [4.69, 9.17) is 23.2 Å². The minimum atomic E-state index is -0.536. The van der Waals surface area contributed by atoms with Crippen molar-refractivity contribution in [1.29, 1.82) is 0 Å². The number of pyridine rings is 2. The molecule has 8 aromatic heterocycles. The molecule has 0 aliphatic heterocycles. The molecule has 0 spiro atoms. The minimum absolute atomic E-state index is 0.00568. The predicted octanol–water partition coefficient (Wildman–Crippen LogP) is 15.0. The van der Waals surface area contributed by atoms with E-state index in [1.165, 1.54) is 61.8 Å². The number of thiazole rings is 2. The van der Waals surface area contributed by atoms with Crippen LogP contribution in [-0.4, -0.2) is 111 Å². The van der Waals surface area contributed by atoms with E-state index in [0.29, 0.717) is 60.2 Å². The molecule has 0 bridgehead atoms. The van der Waals surface area contributed by atoms with Crippen LogP contribution in [0.15, 0.2) is 196 Å². The molecule has 0 N–H and O–H groups in total. The first-order valence-corrected chi connectivity index (χ1v) is 32.2. The van der Waals surface area contributed by atoms with Crippen molar-refractivity contribution >= 4 is 115 Å². The van der Waals surface area contributed by atoms with Crippen LogP contribution in [0, 0.1) is 37.5 Å². The Balaban J connectivity index is 0.000000153. The van der Waals surface area contributed by atoms with Crippen LogP contribution in [0.3, 0.4) is 0 Å². The lowest BCUT2D eigenvalue weighted by atomic mass is 10.0.